The maximum Gasteiger partial charge on any atom is 0.0798 e. The fraction of sp³-hybridized carbons (Fsp3) is 0.474. The standard InChI is InChI=1S/C19H22O/c20-19(12-16-11-13-8-9-15(16)10-13)18-7-3-5-14-4-1-2-6-17(14)18/h1-7,13,15-16,19-20H,8-12H2. The lowest BCUT2D eigenvalue weighted by Gasteiger charge is -2.25. The lowest BCUT2D eigenvalue weighted by molar-refractivity contribution is 0.127. The summed E-state index contributed by atoms with van der Waals surface area (Å²) in [6.45, 7) is 0. The van der Waals surface area contributed by atoms with Crippen molar-refractivity contribution in [1.29, 1.82) is 0 Å². The van der Waals surface area contributed by atoms with E-state index in [1.165, 1.54) is 36.5 Å². The van der Waals surface area contributed by atoms with Crippen LogP contribution in [0.1, 0.15) is 43.8 Å². The Bertz CT molecular complexity index is 613. The van der Waals surface area contributed by atoms with Gasteiger partial charge in [-0.05, 0) is 59.8 Å². The topological polar surface area (TPSA) is 20.2 Å². The average molecular weight is 266 g/mol. The number of hydrogen-bond acceptors (Lipinski definition) is 1. The Labute approximate surface area is 120 Å². The molecule has 0 aliphatic heterocycles. The van der Waals surface area contributed by atoms with E-state index >= 15 is 0 Å². The first-order valence-electron chi connectivity index (χ1n) is 7.97. The average Bonchev–Trinajstić information content (AvgIpc) is 3.09. The molecule has 0 heterocycles. The van der Waals surface area contributed by atoms with Gasteiger partial charge >= 0.3 is 0 Å². The fourth-order valence-corrected chi connectivity index (χ4v) is 4.62. The Morgan fingerprint density at radius 1 is 1.00 bits per heavy atom. The van der Waals surface area contributed by atoms with Crippen LogP contribution in [0.5, 0.6) is 0 Å². The fourth-order valence-electron chi connectivity index (χ4n) is 4.62. The van der Waals surface area contributed by atoms with Crippen LogP contribution in [0, 0.1) is 17.8 Å². The van der Waals surface area contributed by atoms with E-state index < -0.39 is 0 Å². The molecule has 4 unspecified atom stereocenters. The summed E-state index contributed by atoms with van der Waals surface area (Å²) in [7, 11) is 0. The van der Waals surface area contributed by atoms with Crippen LogP contribution in [0.2, 0.25) is 0 Å². The maximum absolute atomic E-state index is 10.7. The zero-order valence-electron chi connectivity index (χ0n) is 11.8. The molecule has 2 bridgehead atoms. The molecule has 4 rings (SSSR count). The van der Waals surface area contributed by atoms with Gasteiger partial charge in [-0.25, -0.2) is 0 Å². The Kier molecular flexibility index (Phi) is 3.03. The number of aliphatic hydroxyl groups excluding tert-OH is 1. The molecule has 20 heavy (non-hydrogen) atoms. The van der Waals surface area contributed by atoms with Gasteiger partial charge in [-0.2, -0.15) is 0 Å². The normalized spacial score (nSPS) is 29.9. The van der Waals surface area contributed by atoms with Crippen molar-refractivity contribution in [3.8, 4) is 0 Å². The van der Waals surface area contributed by atoms with Crippen molar-refractivity contribution in [2.45, 2.75) is 38.2 Å². The number of fused-ring (bicyclic) bond motifs is 3. The third-order valence-electron chi connectivity index (χ3n) is 5.59. The second-order valence-corrected chi connectivity index (χ2v) is 6.75. The second-order valence-electron chi connectivity index (χ2n) is 6.75. The maximum atomic E-state index is 10.7. The molecule has 2 fully saturated rings. The summed E-state index contributed by atoms with van der Waals surface area (Å²) in [4.78, 5) is 0. The van der Waals surface area contributed by atoms with Crippen LogP contribution in [-0.2, 0) is 0 Å². The molecule has 2 aromatic rings. The SMILES string of the molecule is OC(CC1CC2CCC1C2)c1cccc2ccccc12. The number of benzene rings is 2. The van der Waals surface area contributed by atoms with Crippen LogP contribution in [0.3, 0.4) is 0 Å². The van der Waals surface area contributed by atoms with E-state index in [2.05, 4.69) is 42.5 Å². The second kappa shape index (κ2) is 4.89. The van der Waals surface area contributed by atoms with E-state index in [0.29, 0.717) is 0 Å². The Morgan fingerprint density at radius 3 is 2.65 bits per heavy atom. The molecule has 1 nitrogen and oxygen atoms in total. The third-order valence-corrected chi connectivity index (χ3v) is 5.59. The Hall–Kier alpha value is -1.34. The summed E-state index contributed by atoms with van der Waals surface area (Å²) in [6, 6.07) is 14.7. The molecule has 2 aromatic carbocycles. The monoisotopic (exact) mass is 266 g/mol. The molecule has 0 saturated heterocycles. The third kappa shape index (κ3) is 2.05. The quantitative estimate of drug-likeness (QED) is 0.853. The van der Waals surface area contributed by atoms with Gasteiger partial charge in [-0.1, -0.05) is 48.9 Å². The summed E-state index contributed by atoms with van der Waals surface area (Å²) >= 11 is 0. The predicted octanol–water partition coefficient (Wildman–Crippen LogP) is 4.70. The van der Waals surface area contributed by atoms with Crippen molar-refractivity contribution in [3.63, 3.8) is 0 Å². The van der Waals surface area contributed by atoms with Crippen molar-refractivity contribution in [2.24, 2.45) is 17.8 Å². The molecule has 0 radical (unpaired) electrons. The minimum absolute atomic E-state index is 0.301. The number of rotatable bonds is 3. The zero-order valence-corrected chi connectivity index (χ0v) is 11.8. The van der Waals surface area contributed by atoms with Gasteiger partial charge < -0.3 is 5.11 Å². The molecule has 0 aromatic heterocycles. The lowest BCUT2D eigenvalue weighted by Crippen LogP contribution is -2.14. The van der Waals surface area contributed by atoms with Crippen molar-refractivity contribution in [2.75, 3.05) is 0 Å². The van der Waals surface area contributed by atoms with Gasteiger partial charge in [0.15, 0.2) is 0 Å². The van der Waals surface area contributed by atoms with Gasteiger partial charge in [-0.3, -0.25) is 0 Å². The van der Waals surface area contributed by atoms with E-state index in [0.717, 1.165) is 29.7 Å². The highest BCUT2D eigenvalue weighted by Gasteiger charge is 2.40. The molecular formula is C19H22O. The lowest BCUT2D eigenvalue weighted by atomic mass is 9.83. The van der Waals surface area contributed by atoms with Crippen LogP contribution < -0.4 is 0 Å². The van der Waals surface area contributed by atoms with Gasteiger partial charge in [-0.15, -0.1) is 0 Å². The summed E-state index contributed by atoms with van der Waals surface area (Å²) < 4.78 is 0. The highest BCUT2D eigenvalue weighted by molar-refractivity contribution is 5.85. The van der Waals surface area contributed by atoms with Gasteiger partial charge in [0.1, 0.15) is 0 Å². The van der Waals surface area contributed by atoms with E-state index in [-0.39, 0.29) is 6.10 Å². The van der Waals surface area contributed by atoms with Crippen LogP contribution in [0.25, 0.3) is 10.8 Å². The molecular weight excluding hydrogens is 244 g/mol. The minimum Gasteiger partial charge on any atom is -0.388 e. The summed E-state index contributed by atoms with van der Waals surface area (Å²) in [5.41, 5.74) is 1.12. The van der Waals surface area contributed by atoms with Gasteiger partial charge in [0.2, 0.25) is 0 Å². The van der Waals surface area contributed by atoms with Crippen molar-refractivity contribution in [3.05, 3.63) is 48.0 Å². The zero-order chi connectivity index (χ0) is 13.5. The van der Waals surface area contributed by atoms with Gasteiger partial charge in [0, 0.05) is 0 Å². The molecule has 0 spiro atoms. The summed E-state index contributed by atoms with van der Waals surface area (Å²) in [5, 5.41) is 13.2. The minimum atomic E-state index is -0.301. The Morgan fingerprint density at radius 2 is 1.85 bits per heavy atom. The highest BCUT2D eigenvalue weighted by atomic mass is 16.3. The van der Waals surface area contributed by atoms with E-state index in [1.54, 1.807) is 0 Å². The summed E-state index contributed by atoms with van der Waals surface area (Å²) in [6.07, 6.45) is 6.27. The Balaban J connectivity index is 1.59. The highest BCUT2D eigenvalue weighted by Crippen LogP contribution is 2.51. The smallest absolute Gasteiger partial charge is 0.0798 e. The molecule has 4 atom stereocenters. The van der Waals surface area contributed by atoms with Gasteiger partial charge in [0.25, 0.3) is 0 Å². The van der Waals surface area contributed by atoms with Crippen molar-refractivity contribution >= 4 is 10.8 Å². The molecule has 2 aliphatic rings. The predicted molar refractivity (Wildman–Crippen MR) is 82.5 cm³/mol. The summed E-state index contributed by atoms with van der Waals surface area (Å²) in [5.74, 6) is 2.61. The van der Waals surface area contributed by atoms with E-state index in [9.17, 15) is 5.11 Å². The molecule has 104 valence electrons. The van der Waals surface area contributed by atoms with Crippen molar-refractivity contribution < 1.29 is 5.11 Å². The molecule has 0 amide bonds. The first-order chi connectivity index (χ1) is 9.81. The molecule has 1 N–H and O–H groups in total. The van der Waals surface area contributed by atoms with Crippen molar-refractivity contribution in [1.82, 2.24) is 0 Å². The van der Waals surface area contributed by atoms with Crippen LogP contribution in [0.4, 0.5) is 0 Å². The largest absolute Gasteiger partial charge is 0.388 e. The van der Waals surface area contributed by atoms with Gasteiger partial charge in [0.05, 0.1) is 6.10 Å². The molecule has 1 heteroatoms. The van der Waals surface area contributed by atoms with E-state index in [1.807, 2.05) is 0 Å². The first kappa shape index (κ1) is 12.4. The first-order valence-corrected chi connectivity index (χ1v) is 7.97. The van der Waals surface area contributed by atoms with Crippen LogP contribution >= 0.6 is 0 Å². The number of aliphatic hydroxyl groups is 1. The molecule has 2 saturated carbocycles. The van der Waals surface area contributed by atoms with Crippen LogP contribution in [0.15, 0.2) is 42.5 Å². The number of hydrogen-bond donors (Lipinski definition) is 1. The molecule has 2 aliphatic carbocycles. The van der Waals surface area contributed by atoms with Crippen LogP contribution in [-0.4, -0.2) is 5.11 Å². The van der Waals surface area contributed by atoms with E-state index in [4.69, 9.17) is 0 Å².